The van der Waals surface area contributed by atoms with Gasteiger partial charge in [-0.05, 0) is 0 Å². The summed E-state index contributed by atoms with van der Waals surface area (Å²) < 4.78 is 28.8. The molecule has 0 atom stereocenters. The number of rotatable bonds is 7. The van der Waals surface area contributed by atoms with Crippen molar-refractivity contribution in [2.24, 2.45) is 0 Å². The van der Waals surface area contributed by atoms with Crippen molar-refractivity contribution in [3.63, 3.8) is 0 Å². The zero-order chi connectivity index (χ0) is 9.45. The molecule has 0 aromatic rings. The molecule has 0 aliphatic heterocycles. The van der Waals surface area contributed by atoms with Crippen LogP contribution in [0.2, 0.25) is 0 Å². The second-order valence-corrected chi connectivity index (χ2v) is 4.25. The van der Waals surface area contributed by atoms with Gasteiger partial charge in [0.05, 0.1) is 0 Å². The van der Waals surface area contributed by atoms with E-state index in [-0.39, 0.29) is 18.9 Å². The first-order chi connectivity index (χ1) is 5.56. The van der Waals surface area contributed by atoms with Gasteiger partial charge in [-0.1, -0.05) is 39.0 Å². The Morgan fingerprint density at radius 2 is 1.69 bits per heavy atom. The standard InChI is InChI=1S/C8H17O3S.Li/c1-2-3-4-5-6-7-8-12(9,10)11;/h8H,2-7H2,1H3,(H,9,10,11);/q-1;+1. The topological polar surface area (TPSA) is 54.4 Å². The minimum Gasteiger partial charge on any atom is -0.309 e. The van der Waals surface area contributed by atoms with Crippen molar-refractivity contribution in [1.82, 2.24) is 0 Å². The summed E-state index contributed by atoms with van der Waals surface area (Å²) in [4.78, 5) is 0. The molecule has 0 heterocycles. The third-order valence-corrected chi connectivity index (χ3v) is 2.29. The molecule has 0 amide bonds. The van der Waals surface area contributed by atoms with Gasteiger partial charge >= 0.3 is 18.9 Å². The van der Waals surface area contributed by atoms with Crippen LogP contribution in [0.25, 0.3) is 0 Å². The van der Waals surface area contributed by atoms with Crippen LogP contribution in [0.4, 0.5) is 0 Å². The largest absolute Gasteiger partial charge is 1.00 e. The van der Waals surface area contributed by atoms with Gasteiger partial charge in [0.2, 0.25) is 0 Å². The predicted octanol–water partition coefficient (Wildman–Crippen LogP) is -0.600. The van der Waals surface area contributed by atoms with Gasteiger partial charge in [-0.2, -0.15) is 12.2 Å². The minimum absolute atomic E-state index is 0. The third kappa shape index (κ3) is 15.3. The summed E-state index contributed by atoms with van der Waals surface area (Å²) in [5, 5.41) is 0. The molecule has 0 aliphatic carbocycles. The Morgan fingerprint density at radius 3 is 2.15 bits per heavy atom. The number of hydrogen-bond donors (Lipinski definition) is 1. The fourth-order valence-corrected chi connectivity index (χ4v) is 1.44. The van der Waals surface area contributed by atoms with Crippen molar-refractivity contribution < 1.29 is 31.8 Å². The van der Waals surface area contributed by atoms with E-state index in [4.69, 9.17) is 4.55 Å². The van der Waals surface area contributed by atoms with Gasteiger partial charge in [-0.15, -0.1) is 0 Å². The van der Waals surface area contributed by atoms with Crippen LogP contribution in [0.3, 0.4) is 0 Å². The van der Waals surface area contributed by atoms with Crippen LogP contribution in [-0.4, -0.2) is 13.0 Å². The van der Waals surface area contributed by atoms with E-state index < -0.39 is 10.1 Å². The van der Waals surface area contributed by atoms with Crippen LogP contribution in [0.15, 0.2) is 0 Å². The molecule has 74 valence electrons. The van der Waals surface area contributed by atoms with Crippen molar-refractivity contribution in [2.45, 2.75) is 45.4 Å². The van der Waals surface area contributed by atoms with Crippen molar-refractivity contribution in [3.8, 4) is 0 Å². The Hall–Kier alpha value is 0.507. The molecule has 5 heteroatoms. The van der Waals surface area contributed by atoms with Crippen molar-refractivity contribution in [2.75, 3.05) is 0 Å². The molecule has 0 fully saturated rings. The molecule has 0 aromatic heterocycles. The Labute approximate surface area is 93.2 Å². The summed E-state index contributed by atoms with van der Waals surface area (Å²) in [5.41, 5.74) is 0. The van der Waals surface area contributed by atoms with Crippen molar-refractivity contribution >= 4 is 10.1 Å². The van der Waals surface area contributed by atoms with E-state index in [9.17, 15) is 8.42 Å². The molecular weight excluding hydrogens is 183 g/mol. The fraction of sp³-hybridized carbons (Fsp3) is 0.875. The first kappa shape index (κ1) is 16.0. The molecular formula is C8H17LiO3S. The van der Waals surface area contributed by atoms with Gasteiger partial charge in [0, 0.05) is 0 Å². The number of hydrogen-bond acceptors (Lipinski definition) is 2. The van der Waals surface area contributed by atoms with E-state index in [1.807, 2.05) is 0 Å². The molecule has 1 N–H and O–H groups in total. The minimum atomic E-state index is -3.84. The molecule has 3 nitrogen and oxygen atoms in total. The Kier molecular flexibility index (Phi) is 11.1. The van der Waals surface area contributed by atoms with Crippen LogP contribution >= 0.6 is 0 Å². The molecule has 0 aliphatic rings. The SMILES string of the molecule is CCCCCCC[CH-]S(=O)(=O)O.[Li+]. The molecule has 0 bridgehead atoms. The smallest absolute Gasteiger partial charge is 0.309 e. The summed E-state index contributed by atoms with van der Waals surface area (Å²) in [6.07, 6.45) is 5.88. The molecule has 0 saturated heterocycles. The Morgan fingerprint density at radius 1 is 1.15 bits per heavy atom. The van der Waals surface area contributed by atoms with E-state index >= 15 is 0 Å². The predicted molar refractivity (Wildman–Crippen MR) is 49.2 cm³/mol. The molecule has 0 unspecified atom stereocenters. The van der Waals surface area contributed by atoms with Gasteiger partial charge in [0.15, 0.2) is 0 Å². The number of unbranched alkanes of at least 4 members (excludes halogenated alkanes) is 5. The zero-order valence-corrected chi connectivity index (χ0v) is 9.31. The quantitative estimate of drug-likeness (QED) is 0.258. The summed E-state index contributed by atoms with van der Waals surface area (Å²) in [7, 11) is -3.84. The molecule has 0 rings (SSSR count). The Balaban J connectivity index is 0. The van der Waals surface area contributed by atoms with E-state index in [1.165, 1.54) is 12.8 Å². The van der Waals surface area contributed by atoms with Gasteiger partial charge in [-0.25, -0.2) is 8.42 Å². The Bertz CT molecular complexity index is 190. The van der Waals surface area contributed by atoms with Gasteiger partial charge in [0.25, 0.3) is 0 Å². The van der Waals surface area contributed by atoms with Crippen molar-refractivity contribution in [3.05, 3.63) is 5.75 Å². The van der Waals surface area contributed by atoms with Gasteiger partial charge in [-0.3, -0.25) is 0 Å². The normalized spacial score (nSPS) is 10.9. The zero-order valence-electron chi connectivity index (χ0n) is 8.49. The van der Waals surface area contributed by atoms with Gasteiger partial charge < -0.3 is 4.55 Å². The average Bonchev–Trinajstić information content (AvgIpc) is 1.94. The first-order valence-corrected chi connectivity index (χ1v) is 5.87. The molecule has 0 saturated carbocycles. The monoisotopic (exact) mass is 200 g/mol. The summed E-state index contributed by atoms with van der Waals surface area (Å²) in [5.74, 6) is 0.971. The van der Waals surface area contributed by atoms with Crippen LogP contribution < -0.4 is 18.9 Å². The van der Waals surface area contributed by atoms with Crippen LogP contribution in [0.1, 0.15) is 45.4 Å². The molecule has 0 aromatic carbocycles. The summed E-state index contributed by atoms with van der Waals surface area (Å²) in [6, 6.07) is 0. The second-order valence-electron chi connectivity index (χ2n) is 2.88. The van der Waals surface area contributed by atoms with Crippen LogP contribution in [0.5, 0.6) is 0 Å². The third-order valence-electron chi connectivity index (χ3n) is 1.64. The summed E-state index contributed by atoms with van der Waals surface area (Å²) in [6.45, 7) is 2.13. The maximum atomic E-state index is 10.2. The molecule has 13 heavy (non-hydrogen) atoms. The van der Waals surface area contributed by atoms with E-state index in [1.54, 1.807) is 0 Å². The maximum absolute atomic E-state index is 10.2. The fourth-order valence-electron chi connectivity index (χ4n) is 0.980. The van der Waals surface area contributed by atoms with Crippen LogP contribution in [0, 0.1) is 5.75 Å². The van der Waals surface area contributed by atoms with Gasteiger partial charge in [0.1, 0.15) is 10.1 Å². The summed E-state index contributed by atoms with van der Waals surface area (Å²) >= 11 is 0. The van der Waals surface area contributed by atoms with E-state index in [2.05, 4.69) is 6.92 Å². The first-order valence-electron chi connectivity index (χ1n) is 4.37. The van der Waals surface area contributed by atoms with E-state index in [0.29, 0.717) is 6.42 Å². The van der Waals surface area contributed by atoms with Crippen molar-refractivity contribution in [1.29, 1.82) is 0 Å². The van der Waals surface area contributed by atoms with Crippen LogP contribution in [-0.2, 0) is 10.1 Å². The second kappa shape index (κ2) is 9.08. The molecule has 0 radical (unpaired) electrons. The maximum Gasteiger partial charge on any atom is 1.00 e. The van der Waals surface area contributed by atoms with E-state index in [0.717, 1.165) is 25.0 Å². The molecule has 0 spiro atoms. The average molecular weight is 200 g/mol.